The Morgan fingerprint density at radius 1 is 1.20 bits per heavy atom. The normalized spacial score (nSPS) is 23.9. The Bertz CT molecular complexity index is 781. The van der Waals surface area contributed by atoms with E-state index in [9.17, 15) is 15.0 Å². The SMILES string of the molecule is CCCCO[C@@H]1C(N=[N+]=[N-])[C@@H](OCCCCCN(N)C(=O)OCc2ccccc2)OC(CO)[C@H]1O. The standard InChI is InChI=1S/C23H37N5O7/c1-2-3-13-32-21-19(26-27-24)22(35-18(15-29)20(21)30)33-14-9-5-8-12-28(25)23(31)34-16-17-10-6-4-7-11-17/h4,6-7,10-11,18-22,29-30H,2-3,5,8-9,12-16,25H2,1H3/t18?,19?,20-,21-,22+/m1/s1. The van der Waals surface area contributed by atoms with Gasteiger partial charge in [-0.2, -0.15) is 0 Å². The van der Waals surface area contributed by atoms with E-state index in [1.165, 1.54) is 0 Å². The molecule has 1 aromatic rings. The molecule has 5 atom stereocenters. The van der Waals surface area contributed by atoms with E-state index in [0.717, 1.165) is 23.4 Å². The summed E-state index contributed by atoms with van der Waals surface area (Å²) in [5.74, 6) is 5.77. The lowest BCUT2D eigenvalue weighted by Crippen LogP contribution is -2.59. The zero-order chi connectivity index (χ0) is 25.5. The molecular formula is C23H37N5O7. The van der Waals surface area contributed by atoms with E-state index in [1.54, 1.807) is 0 Å². The number of carbonyl (C=O) groups excluding carboxylic acids is 1. The molecule has 12 nitrogen and oxygen atoms in total. The van der Waals surface area contributed by atoms with E-state index in [4.69, 9.17) is 30.3 Å². The predicted octanol–water partition coefficient (Wildman–Crippen LogP) is 2.63. The molecule has 1 heterocycles. The zero-order valence-electron chi connectivity index (χ0n) is 20.1. The molecule has 1 aliphatic rings. The van der Waals surface area contributed by atoms with Crippen molar-refractivity contribution in [3.63, 3.8) is 0 Å². The second-order valence-electron chi connectivity index (χ2n) is 8.27. The number of ether oxygens (including phenoxy) is 4. The number of nitrogens with two attached hydrogens (primary N) is 1. The fourth-order valence-corrected chi connectivity index (χ4v) is 3.59. The molecule has 1 aliphatic heterocycles. The minimum Gasteiger partial charge on any atom is -0.444 e. The molecular weight excluding hydrogens is 458 g/mol. The van der Waals surface area contributed by atoms with Crippen LogP contribution in [0.4, 0.5) is 4.79 Å². The number of rotatable bonds is 15. The molecule has 0 saturated carbocycles. The Kier molecular flexibility index (Phi) is 13.4. The lowest BCUT2D eigenvalue weighted by molar-refractivity contribution is -0.272. The van der Waals surface area contributed by atoms with Crippen molar-refractivity contribution in [3.05, 3.63) is 46.3 Å². The molecule has 0 aromatic heterocycles. The Hall–Kier alpha value is -2.44. The highest BCUT2D eigenvalue weighted by molar-refractivity contribution is 5.66. The van der Waals surface area contributed by atoms with Crippen molar-refractivity contribution in [2.45, 2.75) is 76.3 Å². The zero-order valence-corrected chi connectivity index (χ0v) is 20.1. The van der Waals surface area contributed by atoms with Gasteiger partial charge < -0.3 is 29.2 Å². The Morgan fingerprint density at radius 3 is 2.63 bits per heavy atom. The van der Waals surface area contributed by atoms with Crippen LogP contribution in [-0.2, 0) is 25.6 Å². The second-order valence-corrected chi connectivity index (χ2v) is 8.27. The van der Waals surface area contributed by atoms with E-state index in [1.807, 2.05) is 37.3 Å². The summed E-state index contributed by atoms with van der Waals surface area (Å²) >= 11 is 0. The van der Waals surface area contributed by atoms with E-state index >= 15 is 0 Å². The summed E-state index contributed by atoms with van der Waals surface area (Å²) in [4.78, 5) is 14.8. The van der Waals surface area contributed by atoms with Gasteiger partial charge in [-0.15, -0.1) is 0 Å². The molecule has 12 heteroatoms. The number of unbranched alkanes of at least 4 members (excludes halogenated alkanes) is 3. The smallest absolute Gasteiger partial charge is 0.424 e. The van der Waals surface area contributed by atoms with Gasteiger partial charge in [0.1, 0.15) is 24.9 Å². The molecule has 35 heavy (non-hydrogen) atoms. The molecule has 1 amide bonds. The first kappa shape index (κ1) is 28.8. The summed E-state index contributed by atoms with van der Waals surface area (Å²) < 4.78 is 22.4. The van der Waals surface area contributed by atoms with Gasteiger partial charge in [0.15, 0.2) is 6.29 Å². The Balaban J connectivity index is 1.73. The molecule has 1 fully saturated rings. The van der Waals surface area contributed by atoms with E-state index < -0.39 is 43.3 Å². The Morgan fingerprint density at radius 2 is 1.94 bits per heavy atom. The number of hydrogen-bond acceptors (Lipinski definition) is 9. The van der Waals surface area contributed by atoms with Crippen molar-refractivity contribution in [2.24, 2.45) is 11.0 Å². The highest BCUT2D eigenvalue weighted by Gasteiger charge is 2.46. The number of hydrazine groups is 1. The first-order valence-corrected chi connectivity index (χ1v) is 12.0. The largest absolute Gasteiger partial charge is 0.444 e. The predicted molar refractivity (Wildman–Crippen MR) is 127 cm³/mol. The van der Waals surface area contributed by atoms with Crippen molar-refractivity contribution >= 4 is 6.09 Å². The van der Waals surface area contributed by atoms with Gasteiger partial charge in [-0.05, 0) is 36.8 Å². The number of azide groups is 1. The van der Waals surface area contributed by atoms with Gasteiger partial charge in [0.05, 0.1) is 12.7 Å². The minimum absolute atomic E-state index is 0.154. The number of benzene rings is 1. The second kappa shape index (κ2) is 16.3. The van der Waals surface area contributed by atoms with E-state index in [2.05, 4.69) is 10.0 Å². The maximum atomic E-state index is 12.0. The molecule has 1 saturated heterocycles. The summed E-state index contributed by atoms with van der Waals surface area (Å²) in [5.41, 5.74) is 9.86. The van der Waals surface area contributed by atoms with Gasteiger partial charge in [-0.25, -0.2) is 15.6 Å². The van der Waals surface area contributed by atoms with Crippen molar-refractivity contribution in [2.75, 3.05) is 26.4 Å². The average Bonchev–Trinajstić information content (AvgIpc) is 2.87. The van der Waals surface area contributed by atoms with Gasteiger partial charge in [0, 0.05) is 24.7 Å². The maximum absolute atomic E-state index is 12.0. The van der Waals surface area contributed by atoms with Crippen LogP contribution in [0.15, 0.2) is 35.4 Å². The van der Waals surface area contributed by atoms with Crippen LogP contribution >= 0.6 is 0 Å². The lowest BCUT2D eigenvalue weighted by atomic mass is 9.97. The third-order valence-electron chi connectivity index (χ3n) is 5.58. The van der Waals surface area contributed by atoms with Gasteiger partial charge in [-0.1, -0.05) is 48.8 Å². The number of aliphatic hydroxyl groups excluding tert-OH is 2. The quantitative estimate of drug-likeness (QED) is 0.0633. The lowest BCUT2D eigenvalue weighted by Gasteiger charge is -2.42. The van der Waals surface area contributed by atoms with Gasteiger partial charge >= 0.3 is 6.09 Å². The van der Waals surface area contributed by atoms with E-state index in [0.29, 0.717) is 32.4 Å². The van der Waals surface area contributed by atoms with Crippen molar-refractivity contribution in [1.82, 2.24) is 5.01 Å². The highest BCUT2D eigenvalue weighted by atomic mass is 16.7. The topological polar surface area (TPSA) is 172 Å². The summed E-state index contributed by atoms with van der Waals surface area (Å²) in [7, 11) is 0. The number of aliphatic hydroxyl groups is 2. The van der Waals surface area contributed by atoms with Crippen molar-refractivity contribution in [1.29, 1.82) is 0 Å². The molecule has 0 aliphatic carbocycles. The summed E-state index contributed by atoms with van der Waals surface area (Å²) in [5, 5.41) is 24.8. The van der Waals surface area contributed by atoms with Crippen molar-refractivity contribution in [3.8, 4) is 0 Å². The average molecular weight is 496 g/mol. The summed E-state index contributed by atoms with van der Waals surface area (Å²) in [6.45, 7) is 2.71. The maximum Gasteiger partial charge on any atom is 0.424 e. The number of amides is 1. The van der Waals surface area contributed by atoms with Gasteiger partial charge in [-0.3, -0.25) is 0 Å². The van der Waals surface area contributed by atoms with Crippen LogP contribution in [0.25, 0.3) is 10.4 Å². The van der Waals surface area contributed by atoms with Gasteiger partial charge in [0.2, 0.25) is 0 Å². The van der Waals surface area contributed by atoms with Crippen molar-refractivity contribution < 1.29 is 34.0 Å². The Labute approximate surface area is 205 Å². The minimum atomic E-state index is -1.15. The van der Waals surface area contributed by atoms with Crippen LogP contribution < -0.4 is 5.84 Å². The van der Waals surface area contributed by atoms with Crippen LogP contribution in [-0.4, -0.2) is 78.3 Å². The fourth-order valence-electron chi connectivity index (χ4n) is 3.59. The third-order valence-corrected chi connectivity index (χ3v) is 5.58. The number of carbonyl (C=O) groups is 1. The molecule has 0 radical (unpaired) electrons. The molecule has 2 rings (SSSR count). The van der Waals surface area contributed by atoms with Crippen LogP contribution in [0.5, 0.6) is 0 Å². The molecule has 196 valence electrons. The monoisotopic (exact) mass is 495 g/mol. The first-order valence-electron chi connectivity index (χ1n) is 12.0. The van der Waals surface area contributed by atoms with E-state index in [-0.39, 0.29) is 13.2 Å². The summed E-state index contributed by atoms with van der Waals surface area (Å²) in [6, 6.07) is 8.44. The molecule has 1 aromatic carbocycles. The fraction of sp³-hybridized carbons (Fsp3) is 0.696. The molecule has 4 N–H and O–H groups in total. The number of nitrogens with zero attached hydrogens (tertiary/aromatic N) is 4. The highest BCUT2D eigenvalue weighted by Crippen LogP contribution is 2.27. The van der Waals surface area contributed by atoms with Gasteiger partial charge in [0.25, 0.3) is 0 Å². The van der Waals surface area contributed by atoms with Crippen LogP contribution in [0.3, 0.4) is 0 Å². The molecule has 2 unspecified atom stereocenters. The third kappa shape index (κ3) is 9.61. The first-order chi connectivity index (χ1) is 17.0. The molecule has 0 spiro atoms. The number of hydrogen-bond donors (Lipinski definition) is 3. The van der Waals surface area contributed by atoms with Crippen LogP contribution in [0.1, 0.15) is 44.6 Å². The van der Waals surface area contributed by atoms with Crippen LogP contribution in [0, 0.1) is 0 Å². The van der Waals surface area contributed by atoms with Crippen LogP contribution in [0.2, 0.25) is 0 Å². The summed E-state index contributed by atoms with van der Waals surface area (Å²) in [6.07, 6.45) is -0.815. The molecule has 0 bridgehead atoms.